The minimum absolute atomic E-state index is 0.701. The Morgan fingerprint density at radius 3 is 1.93 bits per heavy atom. The standard InChI is InChI=1S/C9H11BO.C3H9N/c1-11-9-4-2-8(3-5-9)6-7-10;1-4(2)3/h2-5H,6-7H2,1H3;1-3H3. The van der Waals surface area contributed by atoms with Gasteiger partial charge < -0.3 is 9.64 Å². The summed E-state index contributed by atoms with van der Waals surface area (Å²) in [5, 5.41) is 0. The number of hydrogen-bond acceptors (Lipinski definition) is 2. The summed E-state index contributed by atoms with van der Waals surface area (Å²) in [6.45, 7) is 0. The number of hydrogen-bond donors (Lipinski definition) is 0. The molecule has 0 aliphatic heterocycles. The van der Waals surface area contributed by atoms with Gasteiger partial charge in [0.15, 0.2) is 0 Å². The van der Waals surface area contributed by atoms with E-state index in [2.05, 4.69) is 0 Å². The van der Waals surface area contributed by atoms with Crippen LogP contribution in [0.25, 0.3) is 0 Å². The van der Waals surface area contributed by atoms with E-state index in [0.29, 0.717) is 6.32 Å². The Labute approximate surface area is 94.7 Å². The molecule has 0 fully saturated rings. The predicted octanol–water partition coefficient (Wildman–Crippen LogP) is 2.00. The van der Waals surface area contributed by atoms with Crippen LogP contribution in [0.5, 0.6) is 5.75 Å². The topological polar surface area (TPSA) is 12.5 Å². The van der Waals surface area contributed by atoms with E-state index in [4.69, 9.17) is 12.6 Å². The van der Waals surface area contributed by atoms with Crippen LogP contribution in [-0.2, 0) is 6.42 Å². The number of methoxy groups -OCH3 is 1. The number of aryl methyl sites for hydroxylation is 1. The van der Waals surface area contributed by atoms with Crippen molar-refractivity contribution >= 4 is 7.85 Å². The maximum atomic E-state index is 5.40. The minimum atomic E-state index is 0.701. The lowest BCUT2D eigenvalue weighted by Crippen LogP contribution is -1.99. The first-order chi connectivity index (χ1) is 7.10. The van der Waals surface area contributed by atoms with E-state index >= 15 is 0 Å². The van der Waals surface area contributed by atoms with Gasteiger partial charge in [0.1, 0.15) is 5.75 Å². The number of rotatable bonds is 3. The molecule has 3 heteroatoms. The van der Waals surface area contributed by atoms with Crippen molar-refractivity contribution in [3.05, 3.63) is 29.8 Å². The van der Waals surface area contributed by atoms with Gasteiger partial charge in [0.25, 0.3) is 0 Å². The normalized spacial score (nSPS) is 9.40. The molecule has 1 rings (SSSR count). The third kappa shape index (κ3) is 8.07. The van der Waals surface area contributed by atoms with E-state index < -0.39 is 0 Å². The molecule has 0 amide bonds. The van der Waals surface area contributed by atoms with E-state index in [0.717, 1.165) is 12.2 Å². The molecule has 2 radical (unpaired) electrons. The van der Waals surface area contributed by atoms with Gasteiger partial charge in [0.05, 0.1) is 15.0 Å². The Morgan fingerprint density at radius 2 is 1.60 bits per heavy atom. The van der Waals surface area contributed by atoms with Crippen LogP contribution < -0.4 is 4.74 Å². The molecular weight excluding hydrogens is 185 g/mol. The Bertz CT molecular complexity index is 244. The van der Waals surface area contributed by atoms with Crippen molar-refractivity contribution in [2.75, 3.05) is 28.3 Å². The van der Waals surface area contributed by atoms with Crippen LogP contribution in [0.4, 0.5) is 0 Å². The van der Waals surface area contributed by atoms with Crippen LogP contribution in [0.3, 0.4) is 0 Å². The zero-order valence-electron chi connectivity index (χ0n) is 10.2. The largest absolute Gasteiger partial charge is 0.497 e. The Balaban J connectivity index is 0.000000423. The zero-order valence-corrected chi connectivity index (χ0v) is 10.2. The second-order valence-electron chi connectivity index (χ2n) is 3.73. The van der Waals surface area contributed by atoms with E-state index in [9.17, 15) is 0 Å². The van der Waals surface area contributed by atoms with Crippen molar-refractivity contribution in [3.8, 4) is 5.75 Å². The molecule has 0 N–H and O–H groups in total. The first kappa shape index (κ1) is 14.0. The van der Waals surface area contributed by atoms with Gasteiger partial charge in [-0.05, 0) is 45.3 Å². The monoisotopic (exact) mass is 205 g/mol. The molecule has 0 aliphatic rings. The Kier molecular flexibility index (Phi) is 7.83. The molecule has 0 saturated heterocycles. The van der Waals surface area contributed by atoms with Gasteiger partial charge in [-0.3, -0.25) is 0 Å². The molecule has 2 nitrogen and oxygen atoms in total. The molecule has 0 unspecified atom stereocenters. The minimum Gasteiger partial charge on any atom is -0.497 e. The highest BCUT2D eigenvalue weighted by Crippen LogP contribution is 2.11. The molecule has 1 aromatic rings. The summed E-state index contributed by atoms with van der Waals surface area (Å²) in [5.41, 5.74) is 1.26. The van der Waals surface area contributed by atoms with Gasteiger partial charge in [0, 0.05) is 0 Å². The van der Waals surface area contributed by atoms with E-state index in [1.165, 1.54) is 5.56 Å². The highest BCUT2D eigenvalue weighted by atomic mass is 16.5. The average molecular weight is 205 g/mol. The zero-order chi connectivity index (χ0) is 11.7. The summed E-state index contributed by atoms with van der Waals surface area (Å²) in [6.07, 6.45) is 1.64. The molecule has 15 heavy (non-hydrogen) atoms. The van der Waals surface area contributed by atoms with E-state index in [1.807, 2.05) is 50.3 Å². The molecule has 0 heterocycles. The highest BCUT2D eigenvalue weighted by Gasteiger charge is 1.91. The van der Waals surface area contributed by atoms with Crippen molar-refractivity contribution in [2.24, 2.45) is 0 Å². The van der Waals surface area contributed by atoms with E-state index in [-0.39, 0.29) is 0 Å². The van der Waals surface area contributed by atoms with Gasteiger partial charge in [0.2, 0.25) is 0 Å². The van der Waals surface area contributed by atoms with Crippen molar-refractivity contribution < 1.29 is 4.74 Å². The second-order valence-corrected chi connectivity index (χ2v) is 3.73. The van der Waals surface area contributed by atoms with Crippen LogP contribution in [0, 0.1) is 0 Å². The quantitative estimate of drug-likeness (QED) is 0.700. The summed E-state index contributed by atoms with van der Waals surface area (Å²) in [7, 11) is 13.1. The number of ether oxygens (including phenoxy) is 1. The van der Waals surface area contributed by atoms with Crippen LogP contribution in [0.2, 0.25) is 6.32 Å². The molecular formula is C12H20BNO. The van der Waals surface area contributed by atoms with E-state index in [1.54, 1.807) is 7.11 Å². The maximum Gasteiger partial charge on any atom is 0.118 e. The average Bonchev–Trinajstić information content (AvgIpc) is 2.19. The summed E-state index contributed by atoms with van der Waals surface area (Å²) in [4.78, 5) is 2.00. The molecule has 0 aromatic heterocycles. The lowest BCUT2D eigenvalue weighted by Gasteiger charge is -2.00. The molecule has 1 aromatic carbocycles. The molecule has 0 aliphatic carbocycles. The predicted molar refractivity (Wildman–Crippen MR) is 66.9 cm³/mol. The van der Waals surface area contributed by atoms with Gasteiger partial charge in [-0.25, -0.2) is 0 Å². The fraction of sp³-hybridized carbons (Fsp3) is 0.500. The number of nitrogens with zero attached hydrogens (tertiary/aromatic N) is 1. The van der Waals surface area contributed by atoms with Crippen LogP contribution in [-0.4, -0.2) is 41.0 Å². The SMILES string of the molecule is CN(C)C.[B]CCc1ccc(OC)cc1. The van der Waals surface area contributed by atoms with Gasteiger partial charge in [-0.2, -0.15) is 0 Å². The van der Waals surface area contributed by atoms with Crippen molar-refractivity contribution in [2.45, 2.75) is 12.7 Å². The molecule has 82 valence electrons. The van der Waals surface area contributed by atoms with Crippen LogP contribution in [0.1, 0.15) is 5.56 Å². The molecule has 0 saturated carbocycles. The van der Waals surface area contributed by atoms with Crippen molar-refractivity contribution in [1.82, 2.24) is 4.90 Å². The third-order valence-electron chi connectivity index (χ3n) is 1.59. The van der Waals surface area contributed by atoms with Gasteiger partial charge >= 0.3 is 0 Å². The number of benzene rings is 1. The third-order valence-corrected chi connectivity index (χ3v) is 1.59. The lowest BCUT2D eigenvalue weighted by atomic mass is 9.97. The fourth-order valence-corrected chi connectivity index (χ4v) is 0.959. The summed E-state index contributed by atoms with van der Waals surface area (Å²) < 4.78 is 5.02. The van der Waals surface area contributed by atoms with Gasteiger partial charge in [-0.1, -0.05) is 18.5 Å². The molecule has 0 spiro atoms. The van der Waals surface area contributed by atoms with Crippen LogP contribution in [0.15, 0.2) is 24.3 Å². The second kappa shape index (κ2) is 8.36. The first-order valence-electron chi connectivity index (χ1n) is 5.04. The maximum absolute atomic E-state index is 5.40. The summed E-state index contributed by atoms with van der Waals surface area (Å²) in [6, 6.07) is 7.97. The molecule has 0 bridgehead atoms. The van der Waals surface area contributed by atoms with Gasteiger partial charge in [-0.15, -0.1) is 0 Å². The Morgan fingerprint density at radius 1 is 1.13 bits per heavy atom. The lowest BCUT2D eigenvalue weighted by molar-refractivity contribution is 0.414. The summed E-state index contributed by atoms with van der Waals surface area (Å²) >= 11 is 0. The van der Waals surface area contributed by atoms with Crippen molar-refractivity contribution in [3.63, 3.8) is 0 Å². The molecule has 0 atom stereocenters. The Hall–Kier alpha value is -0.955. The first-order valence-corrected chi connectivity index (χ1v) is 5.04. The highest BCUT2D eigenvalue weighted by molar-refractivity contribution is 6.08. The van der Waals surface area contributed by atoms with Crippen LogP contribution >= 0.6 is 0 Å². The summed E-state index contributed by atoms with van der Waals surface area (Å²) in [5.74, 6) is 0.894. The fourth-order valence-electron chi connectivity index (χ4n) is 0.959. The van der Waals surface area contributed by atoms with Crippen molar-refractivity contribution in [1.29, 1.82) is 0 Å². The smallest absolute Gasteiger partial charge is 0.118 e.